The van der Waals surface area contributed by atoms with Crippen molar-refractivity contribution in [3.63, 3.8) is 0 Å². The Balaban J connectivity index is 1.11. The molecule has 0 unspecified atom stereocenters. The first kappa shape index (κ1) is 27.9. The van der Waals surface area contributed by atoms with Crippen LogP contribution in [0.15, 0.2) is 126 Å². The number of hydrogen-bond donors (Lipinski definition) is 0. The van der Waals surface area contributed by atoms with E-state index in [1.165, 1.54) is 17.7 Å². The molecule has 0 N–H and O–H groups in total. The smallest absolute Gasteiger partial charge is 0.307 e. The minimum Gasteiger partial charge on any atom is -0.423 e. The van der Waals surface area contributed by atoms with Gasteiger partial charge in [0.15, 0.2) is 5.58 Å². The van der Waals surface area contributed by atoms with Gasteiger partial charge in [0.05, 0.1) is 16.7 Å². The van der Waals surface area contributed by atoms with Gasteiger partial charge in [0.25, 0.3) is 0 Å². The van der Waals surface area contributed by atoms with Gasteiger partial charge in [-0.25, -0.2) is 4.98 Å². The van der Waals surface area contributed by atoms with E-state index in [1.807, 2.05) is 60.7 Å². The normalized spacial score (nSPS) is 13.5. The van der Waals surface area contributed by atoms with Crippen LogP contribution >= 0.6 is 0 Å². The summed E-state index contributed by atoms with van der Waals surface area (Å²) in [5.74, 6) is -1.11. The summed E-state index contributed by atoms with van der Waals surface area (Å²) >= 11 is 0. The fraction of sp³-hybridized carbons (Fsp3) is 0.0714. The Hall–Kier alpha value is -6.21. The van der Waals surface area contributed by atoms with Gasteiger partial charge < -0.3 is 4.42 Å². The van der Waals surface area contributed by atoms with Gasteiger partial charge in [0, 0.05) is 21.9 Å². The van der Waals surface area contributed by atoms with Gasteiger partial charge in [0.2, 0.25) is 11.9 Å². The van der Waals surface area contributed by atoms with Crippen LogP contribution in [-0.4, -0.2) is 19.4 Å². The number of fused-ring (bicyclic) bond motifs is 10. The zero-order valence-electron chi connectivity index (χ0n) is 26.5. The Morgan fingerprint density at radius 3 is 2.14 bits per heavy atom. The first-order chi connectivity index (χ1) is 23.8. The van der Waals surface area contributed by atoms with E-state index in [2.05, 4.69) is 71.8 Å². The monoisotopic (exact) mass is 640 g/mol. The quantitative estimate of drug-likeness (QED) is 0.180. The molecular weight excluding hydrogens is 614 g/mol. The van der Waals surface area contributed by atoms with E-state index in [0.29, 0.717) is 11.4 Å². The van der Waals surface area contributed by atoms with Crippen molar-refractivity contribution in [3.05, 3.63) is 144 Å². The van der Waals surface area contributed by atoms with Crippen LogP contribution in [0.4, 0.5) is 8.78 Å². The third-order valence-electron chi connectivity index (χ3n) is 10.0. The lowest BCUT2D eigenvalue weighted by atomic mass is 9.81. The molecule has 1 aliphatic rings. The van der Waals surface area contributed by atoms with Gasteiger partial charge in [-0.1, -0.05) is 86.6 Å². The van der Waals surface area contributed by atoms with Crippen LogP contribution in [0.2, 0.25) is 0 Å². The molecule has 234 valence electrons. The number of halogens is 2. The molecule has 4 heterocycles. The van der Waals surface area contributed by atoms with Gasteiger partial charge in [-0.15, -0.1) is 0 Å². The predicted molar refractivity (Wildman–Crippen MR) is 189 cm³/mol. The number of nitrogens with zero attached hydrogens (tertiary/aromatic N) is 4. The summed E-state index contributed by atoms with van der Waals surface area (Å²) in [6.45, 7) is 4.38. The Morgan fingerprint density at radius 1 is 0.612 bits per heavy atom. The topological polar surface area (TPSA) is 56.2 Å². The molecule has 0 bridgehead atoms. The molecule has 0 saturated heterocycles. The number of pyridine rings is 2. The molecule has 7 heteroatoms. The molecule has 1 aliphatic carbocycles. The van der Waals surface area contributed by atoms with Crippen LogP contribution in [0.1, 0.15) is 25.0 Å². The number of benzene rings is 5. The molecule has 0 spiro atoms. The SMILES string of the molecule is CC1(C)c2cc(-c3cccc(-c4nc5ccccc5c5nc6oc7ccccc7n6c45)c3)ccc2-c2ccc(-c3ccc(F)nc3F)cc21. The van der Waals surface area contributed by atoms with E-state index in [1.54, 1.807) is 0 Å². The van der Waals surface area contributed by atoms with Gasteiger partial charge in [-0.3, -0.25) is 4.40 Å². The summed E-state index contributed by atoms with van der Waals surface area (Å²) in [5, 5.41) is 0.974. The van der Waals surface area contributed by atoms with Gasteiger partial charge in [0.1, 0.15) is 11.0 Å². The molecule has 0 saturated carbocycles. The number of rotatable bonds is 3. The van der Waals surface area contributed by atoms with E-state index in [-0.39, 0.29) is 11.0 Å². The first-order valence-corrected chi connectivity index (χ1v) is 16.2. The zero-order valence-corrected chi connectivity index (χ0v) is 26.5. The third kappa shape index (κ3) is 3.99. The van der Waals surface area contributed by atoms with Crippen molar-refractivity contribution in [2.45, 2.75) is 19.3 Å². The maximum absolute atomic E-state index is 14.6. The number of imidazole rings is 1. The standard InChI is InChI=1S/C42H26F2N4O/c1-42(2)31-21-24(14-16-28(31)29-17-15-25(22-32(29)42)27-18-19-36(43)46-40(27)44)23-8-7-9-26(20-23)37-39-38(30-10-3-4-11-33(30)45-37)47-41-48(39)34-12-5-6-13-35(34)49-41/h3-22H,1-2H3. The maximum Gasteiger partial charge on any atom is 0.307 e. The molecule has 0 atom stereocenters. The lowest BCUT2D eigenvalue weighted by Gasteiger charge is -2.22. The highest BCUT2D eigenvalue weighted by atomic mass is 19.1. The van der Waals surface area contributed by atoms with Gasteiger partial charge >= 0.3 is 5.84 Å². The molecule has 0 aliphatic heterocycles. The molecule has 0 fully saturated rings. The summed E-state index contributed by atoms with van der Waals surface area (Å²) in [5.41, 5.74) is 13.4. The second-order valence-electron chi connectivity index (χ2n) is 13.2. The van der Waals surface area contributed by atoms with E-state index < -0.39 is 11.9 Å². The third-order valence-corrected chi connectivity index (χ3v) is 10.0. The Morgan fingerprint density at radius 2 is 1.31 bits per heavy atom. The Kier molecular flexibility index (Phi) is 5.63. The largest absolute Gasteiger partial charge is 0.423 e. The van der Waals surface area contributed by atoms with Crippen molar-refractivity contribution in [1.82, 2.24) is 19.4 Å². The second-order valence-corrected chi connectivity index (χ2v) is 13.2. The van der Waals surface area contributed by atoms with Crippen molar-refractivity contribution in [1.29, 1.82) is 0 Å². The molecule has 0 amide bonds. The molecule has 4 aromatic heterocycles. The first-order valence-electron chi connectivity index (χ1n) is 16.2. The summed E-state index contributed by atoms with van der Waals surface area (Å²) in [7, 11) is 0. The minimum absolute atomic E-state index is 0.281. The maximum atomic E-state index is 14.6. The number of hydrogen-bond acceptors (Lipinski definition) is 4. The van der Waals surface area contributed by atoms with Crippen molar-refractivity contribution in [3.8, 4) is 44.6 Å². The highest BCUT2D eigenvalue weighted by molar-refractivity contribution is 6.10. The summed E-state index contributed by atoms with van der Waals surface area (Å²) in [4.78, 5) is 13.6. The van der Waals surface area contributed by atoms with E-state index in [0.717, 1.165) is 72.1 Å². The molecule has 0 radical (unpaired) electrons. The van der Waals surface area contributed by atoms with Gasteiger partial charge in [-0.05, 0) is 87.5 Å². The molecule has 49 heavy (non-hydrogen) atoms. The van der Waals surface area contributed by atoms with Crippen molar-refractivity contribution < 1.29 is 13.2 Å². The molecule has 5 nitrogen and oxygen atoms in total. The van der Waals surface area contributed by atoms with Crippen molar-refractivity contribution in [2.75, 3.05) is 0 Å². The molecule has 5 aromatic carbocycles. The second kappa shape index (κ2) is 9.90. The molecule has 10 rings (SSSR count). The molecule has 9 aromatic rings. The minimum atomic E-state index is -0.832. The van der Waals surface area contributed by atoms with Gasteiger partial charge in [-0.2, -0.15) is 18.7 Å². The Labute approximate surface area is 279 Å². The summed E-state index contributed by atoms with van der Waals surface area (Å²) in [6.07, 6.45) is 0. The highest BCUT2D eigenvalue weighted by Gasteiger charge is 2.36. The predicted octanol–water partition coefficient (Wildman–Crippen LogP) is 10.8. The van der Waals surface area contributed by atoms with Crippen molar-refractivity contribution in [2.24, 2.45) is 0 Å². The molecular formula is C42H26F2N4O. The lowest BCUT2D eigenvalue weighted by Crippen LogP contribution is -2.15. The van der Waals surface area contributed by atoms with E-state index >= 15 is 0 Å². The fourth-order valence-corrected chi connectivity index (χ4v) is 7.63. The van der Waals surface area contributed by atoms with Crippen LogP contribution in [0.5, 0.6) is 0 Å². The fourth-order valence-electron chi connectivity index (χ4n) is 7.63. The van der Waals surface area contributed by atoms with Crippen LogP contribution in [-0.2, 0) is 5.41 Å². The van der Waals surface area contributed by atoms with Crippen LogP contribution in [0, 0.1) is 11.9 Å². The summed E-state index contributed by atoms with van der Waals surface area (Å²) < 4.78 is 36.5. The average Bonchev–Trinajstić information content (AvgIpc) is 3.74. The number of aromatic nitrogens is 4. The number of oxazole rings is 1. The Bertz CT molecular complexity index is 2840. The summed E-state index contributed by atoms with van der Waals surface area (Å²) in [6, 6.07) is 39.7. The lowest BCUT2D eigenvalue weighted by molar-refractivity contribution is 0.515. The van der Waals surface area contributed by atoms with Crippen molar-refractivity contribution >= 4 is 38.9 Å². The highest BCUT2D eigenvalue weighted by Crippen LogP contribution is 2.51. The van der Waals surface area contributed by atoms with Crippen LogP contribution in [0.25, 0.3) is 83.5 Å². The van der Waals surface area contributed by atoms with Crippen LogP contribution < -0.4 is 0 Å². The van der Waals surface area contributed by atoms with Crippen LogP contribution in [0.3, 0.4) is 0 Å². The zero-order chi connectivity index (χ0) is 33.0. The van der Waals surface area contributed by atoms with E-state index in [9.17, 15) is 8.78 Å². The average molecular weight is 641 g/mol. The number of para-hydroxylation sites is 3. The van der Waals surface area contributed by atoms with E-state index in [4.69, 9.17) is 14.4 Å².